The highest BCUT2D eigenvalue weighted by Crippen LogP contribution is 2.19. The number of aromatic amines is 1. The van der Waals surface area contributed by atoms with Crippen LogP contribution < -0.4 is 11.1 Å². The Kier molecular flexibility index (Phi) is 3.92. The van der Waals surface area contributed by atoms with E-state index in [9.17, 15) is 0 Å². The van der Waals surface area contributed by atoms with Gasteiger partial charge in [0.1, 0.15) is 0 Å². The zero-order valence-electron chi connectivity index (χ0n) is 8.25. The van der Waals surface area contributed by atoms with Gasteiger partial charge < -0.3 is 11.1 Å². The van der Waals surface area contributed by atoms with Crippen LogP contribution in [0.15, 0.2) is 12.4 Å². The van der Waals surface area contributed by atoms with Crippen molar-refractivity contribution in [3.8, 4) is 0 Å². The number of hydrogen-bond acceptors (Lipinski definition) is 3. The first-order chi connectivity index (χ1) is 6.25. The van der Waals surface area contributed by atoms with Crippen LogP contribution in [0.25, 0.3) is 0 Å². The second-order valence-electron chi connectivity index (χ2n) is 3.50. The highest BCUT2D eigenvalue weighted by Gasteiger charge is 2.14. The Bertz CT molecular complexity index is 218. The number of aromatic nitrogens is 2. The molecule has 1 heterocycles. The van der Waals surface area contributed by atoms with Crippen LogP contribution in [0.3, 0.4) is 0 Å². The van der Waals surface area contributed by atoms with Gasteiger partial charge in [-0.1, -0.05) is 13.8 Å². The van der Waals surface area contributed by atoms with E-state index < -0.39 is 0 Å². The molecule has 0 radical (unpaired) electrons. The van der Waals surface area contributed by atoms with Crippen LogP contribution in [0.2, 0.25) is 0 Å². The minimum atomic E-state index is 0.349. The van der Waals surface area contributed by atoms with E-state index in [-0.39, 0.29) is 0 Å². The molecule has 1 aromatic heterocycles. The second-order valence-corrected chi connectivity index (χ2v) is 3.50. The number of hydrogen-bond donors (Lipinski definition) is 3. The quantitative estimate of drug-likeness (QED) is 0.626. The summed E-state index contributed by atoms with van der Waals surface area (Å²) in [6, 6.07) is 0.349. The lowest BCUT2D eigenvalue weighted by molar-refractivity contribution is 0.417. The summed E-state index contributed by atoms with van der Waals surface area (Å²) in [5, 5.41) is 10.1. The summed E-state index contributed by atoms with van der Waals surface area (Å²) in [5.41, 5.74) is 6.64. The van der Waals surface area contributed by atoms with Crippen LogP contribution in [0.1, 0.15) is 25.5 Å². The van der Waals surface area contributed by atoms with Crippen molar-refractivity contribution < 1.29 is 0 Å². The first kappa shape index (κ1) is 10.2. The lowest BCUT2D eigenvalue weighted by Gasteiger charge is -2.20. The maximum absolute atomic E-state index is 5.44. The summed E-state index contributed by atoms with van der Waals surface area (Å²) in [7, 11) is 0. The lowest BCUT2D eigenvalue weighted by Crippen LogP contribution is -2.30. The molecule has 74 valence electrons. The lowest BCUT2D eigenvalue weighted by atomic mass is 9.99. The predicted octanol–water partition coefficient (Wildman–Crippen LogP) is 0.655. The van der Waals surface area contributed by atoms with Crippen molar-refractivity contribution in [2.24, 2.45) is 11.7 Å². The highest BCUT2D eigenvalue weighted by atomic mass is 15.1. The summed E-state index contributed by atoms with van der Waals surface area (Å²) in [5.74, 6) is 0.546. The third-order valence-electron chi connectivity index (χ3n) is 2.05. The second kappa shape index (κ2) is 4.99. The maximum atomic E-state index is 5.44. The number of nitrogens with two attached hydrogens (primary N) is 1. The van der Waals surface area contributed by atoms with Gasteiger partial charge in [0, 0.05) is 30.9 Å². The number of nitrogens with zero attached hydrogens (tertiary/aromatic N) is 1. The topological polar surface area (TPSA) is 66.7 Å². The van der Waals surface area contributed by atoms with Crippen molar-refractivity contribution in [3.63, 3.8) is 0 Å². The van der Waals surface area contributed by atoms with Gasteiger partial charge in [-0.05, 0) is 5.92 Å². The zero-order chi connectivity index (χ0) is 9.68. The Morgan fingerprint density at radius 2 is 2.38 bits per heavy atom. The van der Waals surface area contributed by atoms with Gasteiger partial charge in [0.25, 0.3) is 0 Å². The van der Waals surface area contributed by atoms with Crippen LogP contribution >= 0.6 is 0 Å². The smallest absolute Gasteiger partial charge is 0.0535 e. The van der Waals surface area contributed by atoms with Crippen molar-refractivity contribution in [2.75, 3.05) is 13.1 Å². The summed E-state index contributed by atoms with van der Waals surface area (Å²) in [4.78, 5) is 0. The molecule has 0 aromatic carbocycles. The van der Waals surface area contributed by atoms with Crippen LogP contribution in [0, 0.1) is 5.92 Å². The molecule has 0 bridgehead atoms. The normalized spacial score (nSPS) is 13.5. The molecule has 13 heavy (non-hydrogen) atoms. The molecule has 4 N–H and O–H groups in total. The number of H-pyrrole nitrogens is 1. The van der Waals surface area contributed by atoms with Gasteiger partial charge in [-0.3, -0.25) is 5.10 Å². The standard InChI is InChI=1S/C9H18N4/c1-7(2)9(11-4-3-10)8-5-12-13-6-8/h5-7,9,11H,3-4,10H2,1-2H3,(H,12,13). The zero-order valence-corrected chi connectivity index (χ0v) is 8.25. The number of nitrogens with one attached hydrogen (secondary N) is 2. The van der Waals surface area contributed by atoms with Crippen molar-refractivity contribution in [3.05, 3.63) is 18.0 Å². The van der Waals surface area contributed by atoms with Gasteiger partial charge in [0.05, 0.1) is 6.20 Å². The first-order valence-electron chi connectivity index (χ1n) is 4.68. The molecule has 0 aliphatic rings. The van der Waals surface area contributed by atoms with Crippen molar-refractivity contribution >= 4 is 0 Å². The average Bonchev–Trinajstić information content (AvgIpc) is 2.57. The molecule has 0 aliphatic carbocycles. The highest BCUT2D eigenvalue weighted by molar-refractivity contribution is 5.10. The molecular weight excluding hydrogens is 164 g/mol. The van der Waals surface area contributed by atoms with Crippen LogP contribution in [0.5, 0.6) is 0 Å². The summed E-state index contributed by atoms with van der Waals surface area (Å²) < 4.78 is 0. The van der Waals surface area contributed by atoms with Gasteiger partial charge in [-0.25, -0.2) is 0 Å². The molecule has 0 spiro atoms. The average molecular weight is 182 g/mol. The monoisotopic (exact) mass is 182 g/mol. The van der Waals surface area contributed by atoms with Gasteiger partial charge in [0.2, 0.25) is 0 Å². The molecule has 0 saturated carbocycles. The summed E-state index contributed by atoms with van der Waals surface area (Å²) in [6.45, 7) is 5.87. The van der Waals surface area contributed by atoms with E-state index in [1.807, 2.05) is 12.4 Å². The van der Waals surface area contributed by atoms with E-state index >= 15 is 0 Å². The minimum Gasteiger partial charge on any atom is -0.329 e. The molecule has 1 aromatic rings. The molecular formula is C9H18N4. The first-order valence-corrected chi connectivity index (χ1v) is 4.68. The Morgan fingerprint density at radius 3 is 2.85 bits per heavy atom. The Hall–Kier alpha value is -0.870. The van der Waals surface area contributed by atoms with Crippen molar-refractivity contribution in [1.29, 1.82) is 0 Å². The Labute approximate surface area is 78.9 Å². The van der Waals surface area contributed by atoms with Gasteiger partial charge >= 0.3 is 0 Å². The molecule has 0 aliphatic heterocycles. The van der Waals surface area contributed by atoms with Gasteiger partial charge in [0.15, 0.2) is 0 Å². The molecule has 0 amide bonds. The molecule has 4 nitrogen and oxygen atoms in total. The minimum absolute atomic E-state index is 0.349. The van der Waals surface area contributed by atoms with E-state index in [0.29, 0.717) is 18.5 Å². The van der Waals surface area contributed by atoms with E-state index in [0.717, 1.165) is 6.54 Å². The van der Waals surface area contributed by atoms with E-state index in [2.05, 4.69) is 29.4 Å². The molecule has 1 rings (SSSR count). The Morgan fingerprint density at radius 1 is 1.62 bits per heavy atom. The SMILES string of the molecule is CC(C)C(NCCN)c1cn[nH]c1. The summed E-state index contributed by atoms with van der Waals surface area (Å²) >= 11 is 0. The predicted molar refractivity (Wildman–Crippen MR) is 53.2 cm³/mol. The van der Waals surface area contributed by atoms with Crippen LogP contribution in [-0.2, 0) is 0 Å². The molecule has 1 atom stereocenters. The van der Waals surface area contributed by atoms with E-state index in [1.165, 1.54) is 5.56 Å². The fourth-order valence-corrected chi connectivity index (χ4v) is 1.41. The third-order valence-corrected chi connectivity index (χ3v) is 2.05. The molecule has 4 heteroatoms. The Balaban J connectivity index is 2.58. The molecule has 1 unspecified atom stereocenters. The third kappa shape index (κ3) is 2.82. The van der Waals surface area contributed by atoms with Gasteiger partial charge in [-0.2, -0.15) is 5.10 Å². The number of rotatable bonds is 5. The maximum Gasteiger partial charge on any atom is 0.0535 e. The summed E-state index contributed by atoms with van der Waals surface area (Å²) in [6.07, 6.45) is 3.78. The largest absolute Gasteiger partial charge is 0.329 e. The van der Waals surface area contributed by atoms with E-state index in [1.54, 1.807) is 0 Å². The fraction of sp³-hybridized carbons (Fsp3) is 0.667. The fourth-order valence-electron chi connectivity index (χ4n) is 1.41. The van der Waals surface area contributed by atoms with Crippen molar-refractivity contribution in [1.82, 2.24) is 15.5 Å². The molecule has 0 saturated heterocycles. The van der Waals surface area contributed by atoms with Gasteiger partial charge in [-0.15, -0.1) is 0 Å². The van der Waals surface area contributed by atoms with E-state index in [4.69, 9.17) is 5.73 Å². The van der Waals surface area contributed by atoms with Crippen LogP contribution in [-0.4, -0.2) is 23.3 Å². The van der Waals surface area contributed by atoms with Crippen molar-refractivity contribution in [2.45, 2.75) is 19.9 Å². The van der Waals surface area contributed by atoms with Crippen LogP contribution in [0.4, 0.5) is 0 Å². The molecule has 0 fully saturated rings.